The van der Waals surface area contributed by atoms with Gasteiger partial charge in [0.15, 0.2) is 5.76 Å². The second kappa shape index (κ2) is 6.22. The van der Waals surface area contributed by atoms with Gasteiger partial charge >= 0.3 is 0 Å². The van der Waals surface area contributed by atoms with Gasteiger partial charge in [-0.25, -0.2) is 0 Å². The number of halogens is 2. The van der Waals surface area contributed by atoms with E-state index in [0.29, 0.717) is 29.7 Å². The predicted molar refractivity (Wildman–Crippen MR) is 72.8 cm³/mol. The van der Waals surface area contributed by atoms with E-state index in [2.05, 4.69) is 26.4 Å². The van der Waals surface area contributed by atoms with E-state index in [1.54, 1.807) is 6.07 Å². The normalized spacial score (nSPS) is 10.6. The van der Waals surface area contributed by atoms with Crippen LogP contribution in [0.25, 0.3) is 0 Å². The Labute approximate surface area is 118 Å². The summed E-state index contributed by atoms with van der Waals surface area (Å²) in [6.07, 6.45) is 0. The van der Waals surface area contributed by atoms with Crippen molar-refractivity contribution in [1.29, 1.82) is 0 Å². The highest BCUT2D eigenvalue weighted by Gasteiger charge is 2.07. The summed E-state index contributed by atoms with van der Waals surface area (Å²) in [7, 11) is 1.85. The van der Waals surface area contributed by atoms with Crippen LogP contribution in [0.2, 0.25) is 5.02 Å². The zero-order chi connectivity index (χ0) is 13.0. The van der Waals surface area contributed by atoms with Gasteiger partial charge in [0.2, 0.25) is 0 Å². The van der Waals surface area contributed by atoms with Gasteiger partial charge in [-0.3, -0.25) is 0 Å². The minimum atomic E-state index is 0.298. The van der Waals surface area contributed by atoms with Crippen molar-refractivity contribution in [3.8, 4) is 5.75 Å². The first-order valence-corrected chi connectivity index (χ1v) is 6.53. The second-order valence-electron chi connectivity index (χ2n) is 3.68. The zero-order valence-electron chi connectivity index (χ0n) is 9.74. The fourth-order valence-electron chi connectivity index (χ4n) is 1.42. The van der Waals surface area contributed by atoms with E-state index in [9.17, 15) is 0 Å². The van der Waals surface area contributed by atoms with Crippen LogP contribution in [0, 0.1) is 0 Å². The molecule has 0 spiro atoms. The van der Waals surface area contributed by atoms with Crippen molar-refractivity contribution in [2.45, 2.75) is 13.2 Å². The van der Waals surface area contributed by atoms with Gasteiger partial charge in [-0.15, -0.1) is 0 Å². The lowest BCUT2D eigenvalue weighted by atomic mass is 10.3. The Bertz CT molecular complexity index is 531. The molecule has 0 atom stereocenters. The fraction of sp³-hybridized carbons (Fsp3) is 0.250. The van der Waals surface area contributed by atoms with Crippen LogP contribution in [0.5, 0.6) is 5.75 Å². The molecule has 0 fully saturated rings. The Morgan fingerprint density at radius 2 is 2.28 bits per heavy atom. The van der Waals surface area contributed by atoms with Crippen LogP contribution in [0.15, 0.2) is 33.3 Å². The Balaban J connectivity index is 1.99. The number of ether oxygens (including phenoxy) is 1. The van der Waals surface area contributed by atoms with Crippen LogP contribution in [-0.2, 0) is 13.2 Å². The Hall–Kier alpha value is -1.04. The summed E-state index contributed by atoms with van der Waals surface area (Å²) in [4.78, 5) is 0. The molecule has 18 heavy (non-hydrogen) atoms. The number of hydrogen-bond donors (Lipinski definition) is 1. The van der Waals surface area contributed by atoms with Crippen molar-refractivity contribution in [3.63, 3.8) is 0 Å². The average Bonchev–Trinajstić information content (AvgIpc) is 2.79. The monoisotopic (exact) mass is 330 g/mol. The van der Waals surface area contributed by atoms with Crippen LogP contribution in [0.4, 0.5) is 0 Å². The third-order valence-electron chi connectivity index (χ3n) is 2.23. The molecule has 1 aromatic heterocycles. The first kappa shape index (κ1) is 13.4. The summed E-state index contributed by atoms with van der Waals surface area (Å²) in [6, 6.07) is 7.29. The van der Waals surface area contributed by atoms with E-state index in [0.717, 1.165) is 10.2 Å². The summed E-state index contributed by atoms with van der Waals surface area (Å²) in [5, 5.41) is 7.46. The van der Waals surface area contributed by atoms with Gasteiger partial charge in [-0.05, 0) is 25.2 Å². The molecule has 0 radical (unpaired) electrons. The Morgan fingerprint density at radius 1 is 1.44 bits per heavy atom. The first-order chi connectivity index (χ1) is 8.69. The zero-order valence-corrected chi connectivity index (χ0v) is 12.1. The molecule has 1 aromatic carbocycles. The van der Waals surface area contributed by atoms with Crippen molar-refractivity contribution in [1.82, 2.24) is 10.5 Å². The molecule has 0 amide bonds. The second-order valence-corrected chi connectivity index (χ2v) is 5.00. The highest BCUT2D eigenvalue weighted by atomic mass is 79.9. The number of hydrogen-bond acceptors (Lipinski definition) is 4. The lowest BCUT2D eigenvalue weighted by Crippen LogP contribution is -2.04. The van der Waals surface area contributed by atoms with Crippen molar-refractivity contribution < 1.29 is 9.26 Å². The van der Waals surface area contributed by atoms with Crippen LogP contribution in [0.3, 0.4) is 0 Å². The highest BCUT2D eigenvalue weighted by Crippen LogP contribution is 2.28. The molecule has 1 N–H and O–H groups in total. The molecule has 0 aliphatic heterocycles. The van der Waals surface area contributed by atoms with Crippen LogP contribution >= 0.6 is 27.5 Å². The van der Waals surface area contributed by atoms with E-state index in [1.165, 1.54) is 0 Å². The number of benzene rings is 1. The van der Waals surface area contributed by atoms with Crippen molar-refractivity contribution in [2.24, 2.45) is 0 Å². The van der Waals surface area contributed by atoms with Gasteiger partial charge in [0, 0.05) is 17.1 Å². The van der Waals surface area contributed by atoms with Gasteiger partial charge in [-0.1, -0.05) is 32.7 Å². The molecule has 96 valence electrons. The molecule has 0 saturated heterocycles. The standard InChI is InChI=1S/C12H12BrClN2O2/c1-15-6-9-5-10(18-16-9)7-17-12-4-8(13)2-3-11(12)14/h2-5,15H,6-7H2,1H3. The molecule has 2 aromatic rings. The van der Waals surface area contributed by atoms with Crippen LogP contribution < -0.4 is 10.1 Å². The molecule has 4 nitrogen and oxygen atoms in total. The minimum absolute atomic E-state index is 0.298. The third kappa shape index (κ3) is 3.48. The lowest BCUT2D eigenvalue weighted by molar-refractivity contribution is 0.248. The maximum Gasteiger partial charge on any atom is 0.174 e. The number of nitrogens with zero attached hydrogens (tertiary/aromatic N) is 1. The molecule has 0 aliphatic carbocycles. The third-order valence-corrected chi connectivity index (χ3v) is 3.03. The summed E-state index contributed by atoms with van der Waals surface area (Å²) in [5.74, 6) is 1.27. The Kier molecular flexibility index (Phi) is 4.63. The molecule has 1 heterocycles. The molecule has 0 bridgehead atoms. The number of nitrogens with one attached hydrogen (secondary N) is 1. The molecule has 0 saturated carbocycles. The summed E-state index contributed by atoms with van der Waals surface area (Å²) >= 11 is 9.38. The van der Waals surface area contributed by atoms with Crippen LogP contribution in [0.1, 0.15) is 11.5 Å². The summed E-state index contributed by atoms with van der Waals surface area (Å²) < 4.78 is 11.6. The van der Waals surface area contributed by atoms with Gasteiger partial charge in [0.25, 0.3) is 0 Å². The lowest BCUT2D eigenvalue weighted by Gasteiger charge is -2.06. The molecule has 2 rings (SSSR count). The summed E-state index contributed by atoms with van der Waals surface area (Å²) in [5.41, 5.74) is 0.844. The number of rotatable bonds is 5. The number of aromatic nitrogens is 1. The van der Waals surface area contributed by atoms with Crippen LogP contribution in [-0.4, -0.2) is 12.2 Å². The van der Waals surface area contributed by atoms with Crippen molar-refractivity contribution >= 4 is 27.5 Å². The molecule has 0 unspecified atom stereocenters. The van der Waals surface area contributed by atoms with E-state index < -0.39 is 0 Å². The smallest absolute Gasteiger partial charge is 0.174 e. The van der Waals surface area contributed by atoms with E-state index >= 15 is 0 Å². The van der Waals surface area contributed by atoms with Crippen molar-refractivity contribution in [2.75, 3.05) is 7.05 Å². The molecular weight excluding hydrogens is 320 g/mol. The quantitative estimate of drug-likeness (QED) is 0.912. The average molecular weight is 332 g/mol. The van der Waals surface area contributed by atoms with E-state index in [1.807, 2.05) is 25.2 Å². The van der Waals surface area contributed by atoms with Gasteiger partial charge in [0.05, 0.1) is 10.7 Å². The maximum atomic E-state index is 6.02. The predicted octanol–water partition coefficient (Wildman–Crippen LogP) is 3.39. The summed E-state index contributed by atoms with van der Waals surface area (Å²) in [6.45, 7) is 0.966. The minimum Gasteiger partial charge on any atom is -0.484 e. The molecular formula is C12H12BrClN2O2. The SMILES string of the molecule is CNCc1cc(COc2cc(Br)ccc2Cl)on1. The van der Waals surface area contributed by atoms with Crippen molar-refractivity contribution in [3.05, 3.63) is 45.2 Å². The molecule has 6 heteroatoms. The van der Waals surface area contributed by atoms with Gasteiger partial charge in [0.1, 0.15) is 12.4 Å². The van der Waals surface area contributed by atoms with E-state index in [4.69, 9.17) is 20.9 Å². The maximum absolute atomic E-state index is 6.02. The largest absolute Gasteiger partial charge is 0.484 e. The van der Waals surface area contributed by atoms with E-state index in [-0.39, 0.29) is 0 Å². The Morgan fingerprint density at radius 3 is 3.06 bits per heavy atom. The topological polar surface area (TPSA) is 47.3 Å². The first-order valence-electron chi connectivity index (χ1n) is 5.36. The van der Waals surface area contributed by atoms with Gasteiger partial charge < -0.3 is 14.6 Å². The molecule has 0 aliphatic rings. The highest BCUT2D eigenvalue weighted by molar-refractivity contribution is 9.10. The van der Waals surface area contributed by atoms with Gasteiger partial charge in [-0.2, -0.15) is 0 Å². The fourth-order valence-corrected chi connectivity index (χ4v) is 1.94.